The Hall–Kier alpha value is -0.0600. The summed E-state index contributed by atoms with van der Waals surface area (Å²) in [5.41, 5.74) is 0. The van der Waals surface area contributed by atoms with Crippen LogP contribution in [-0.2, 0) is 11.2 Å². The quantitative estimate of drug-likeness (QED) is 0.793. The lowest BCUT2D eigenvalue weighted by Crippen LogP contribution is -1.93. The molecule has 1 N–H and O–H groups in total. The summed E-state index contributed by atoms with van der Waals surface area (Å²) in [5.74, 6) is -0.711. The van der Waals surface area contributed by atoms with Crippen LogP contribution in [0.1, 0.15) is 30.6 Å². The average Bonchev–Trinajstić information content (AvgIpc) is 2.45. The molecule has 0 atom stereocenters. The molecule has 1 rings (SSSR count). The van der Waals surface area contributed by atoms with Crippen molar-refractivity contribution in [3.8, 4) is 0 Å². The van der Waals surface area contributed by atoms with Crippen molar-refractivity contribution in [1.29, 1.82) is 0 Å². The van der Waals surface area contributed by atoms with Crippen LogP contribution in [0.4, 0.5) is 0 Å². The number of rotatable bonds is 6. The van der Waals surface area contributed by atoms with E-state index in [2.05, 4.69) is 15.9 Å². The molecule has 0 fully saturated rings. The number of carbonyl (C=O) groups is 1. The zero-order valence-electron chi connectivity index (χ0n) is 8.13. The van der Waals surface area contributed by atoms with Crippen LogP contribution in [-0.4, -0.2) is 11.1 Å². The first-order valence-corrected chi connectivity index (χ1v) is 6.74. The average molecular weight is 312 g/mol. The highest BCUT2D eigenvalue weighted by atomic mass is 79.9. The second-order valence-corrected chi connectivity index (χ2v) is 6.15. The normalized spacial score (nSPS) is 10.5. The van der Waals surface area contributed by atoms with E-state index in [1.807, 2.05) is 6.07 Å². The van der Waals surface area contributed by atoms with Gasteiger partial charge in [0, 0.05) is 11.3 Å². The van der Waals surface area contributed by atoms with E-state index in [1.54, 1.807) is 11.3 Å². The number of carboxylic acid groups (broad SMARTS) is 1. The van der Waals surface area contributed by atoms with Crippen LogP contribution in [0.5, 0.6) is 0 Å². The highest BCUT2D eigenvalue weighted by Gasteiger charge is 2.04. The molecule has 0 bridgehead atoms. The number of thiophene rings is 1. The predicted octanol–water partition coefficient (Wildman–Crippen LogP) is 4.35. The molecule has 0 aromatic carbocycles. The van der Waals surface area contributed by atoms with E-state index < -0.39 is 5.97 Å². The number of halogens is 2. The van der Waals surface area contributed by atoms with Crippen LogP contribution < -0.4 is 0 Å². The van der Waals surface area contributed by atoms with Crippen molar-refractivity contribution in [3.63, 3.8) is 0 Å². The number of hydrogen-bond donors (Lipinski definition) is 1. The van der Waals surface area contributed by atoms with Crippen molar-refractivity contribution >= 4 is 44.8 Å². The second-order valence-electron chi connectivity index (χ2n) is 3.29. The number of aryl methyl sites for hydroxylation is 1. The number of aliphatic carboxylic acids is 1. The third kappa shape index (κ3) is 5.00. The number of carboxylic acids is 1. The molecule has 2 nitrogen and oxygen atoms in total. The first kappa shape index (κ1) is 13.0. The Bertz CT molecular complexity index is 319. The third-order valence-corrected chi connectivity index (χ3v) is 4.54. The molecule has 0 amide bonds. The highest BCUT2D eigenvalue weighted by molar-refractivity contribution is 9.11. The summed E-state index contributed by atoms with van der Waals surface area (Å²) in [5, 5.41) is 9.21. The predicted molar refractivity (Wildman–Crippen MR) is 66.8 cm³/mol. The molecular weight excluding hydrogens is 300 g/mol. The van der Waals surface area contributed by atoms with Gasteiger partial charge in [0.15, 0.2) is 0 Å². The van der Waals surface area contributed by atoms with E-state index in [9.17, 15) is 4.79 Å². The Labute approximate surface area is 106 Å². The van der Waals surface area contributed by atoms with Gasteiger partial charge in [-0.15, -0.1) is 11.3 Å². The summed E-state index contributed by atoms with van der Waals surface area (Å²) in [4.78, 5) is 11.5. The zero-order valence-corrected chi connectivity index (χ0v) is 11.3. The Morgan fingerprint density at radius 1 is 1.47 bits per heavy atom. The largest absolute Gasteiger partial charge is 0.481 e. The van der Waals surface area contributed by atoms with E-state index in [0.29, 0.717) is 0 Å². The SMILES string of the molecule is O=C(O)CCCCCc1cc(Cl)c(Br)s1. The summed E-state index contributed by atoms with van der Waals surface area (Å²) in [7, 11) is 0. The van der Waals surface area contributed by atoms with Crippen molar-refractivity contribution in [2.45, 2.75) is 32.1 Å². The standard InChI is InChI=1S/C10H12BrClO2S/c11-10-8(12)6-7(15-10)4-2-1-3-5-9(13)14/h6H,1-5H2,(H,13,14). The molecule has 1 aromatic rings. The first-order valence-electron chi connectivity index (χ1n) is 4.75. The fourth-order valence-electron chi connectivity index (χ4n) is 1.27. The van der Waals surface area contributed by atoms with Crippen LogP contribution in [0.2, 0.25) is 5.02 Å². The van der Waals surface area contributed by atoms with Crippen LogP contribution >= 0.6 is 38.9 Å². The number of unbranched alkanes of at least 4 members (excludes halogenated alkanes) is 2. The van der Waals surface area contributed by atoms with Gasteiger partial charge >= 0.3 is 5.97 Å². The van der Waals surface area contributed by atoms with Gasteiger partial charge in [-0.05, 0) is 41.3 Å². The van der Waals surface area contributed by atoms with Crippen molar-refractivity contribution in [2.75, 3.05) is 0 Å². The minimum absolute atomic E-state index is 0.273. The van der Waals surface area contributed by atoms with Gasteiger partial charge in [-0.3, -0.25) is 4.79 Å². The van der Waals surface area contributed by atoms with Crippen LogP contribution in [0.3, 0.4) is 0 Å². The number of hydrogen-bond acceptors (Lipinski definition) is 2. The van der Waals surface area contributed by atoms with Crippen molar-refractivity contribution in [2.24, 2.45) is 0 Å². The molecule has 1 aromatic heterocycles. The van der Waals surface area contributed by atoms with E-state index in [1.165, 1.54) is 4.88 Å². The molecule has 0 saturated heterocycles. The molecule has 0 unspecified atom stereocenters. The smallest absolute Gasteiger partial charge is 0.303 e. The highest BCUT2D eigenvalue weighted by Crippen LogP contribution is 2.32. The molecule has 0 aliphatic heterocycles. The topological polar surface area (TPSA) is 37.3 Å². The summed E-state index contributed by atoms with van der Waals surface area (Å²) in [6, 6.07) is 1.97. The van der Waals surface area contributed by atoms with E-state index in [4.69, 9.17) is 16.7 Å². The third-order valence-electron chi connectivity index (χ3n) is 2.01. The molecule has 0 aliphatic carbocycles. The maximum absolute atomic E-state index is 10.3. The molecule has 15 heavy (non-hydrogen) atoms. The molecule has 1 heterocycles. The minimum Gasteiger partial charge on any atom is -0.481 e. The minimum atomic E-state index is -0.711. The van der Waals surface area contributed by atoms with Crippen LogP contribution in [0, 0.1) is 0 Å². The fourth-order valence-corrected chi connectivity index (χ4v) is 3.13. The van der Waals surface area contributed by atoms with Gasteiger partial charge in [0.1, 0.15) is 0 Å². The maximum Gasteiger partial charge on any atom is 0.303 e. The second kappa shape index (κ2) is 6.51. The van der Waals surface area contributed by atoms with Gasteiger partial charge in [0.25, 0.3) is 0 Å². The Balaban J connectivity index is 2.18. The van der Waals surface area contributed by atoms with Crippen LogP contribution in [0.25, 0.3) is 0 Å². The van der Waals surface area contributed by atoms with E-state index in [0.717, 1.165) is 34.5 Å². The van der Waals surface area contributed by atoms with Crippen molar-refractivity contribution < 1.29 is 9.90 Å². The summed E-state index contributed by atoms with van der Waals surface area (Å²) >= 11 is 10.9. The lowest BCUT2D eigenvalue weighted by Gasteiger charge is -1.96. The van der Waals surface area contributed by atoms with Crippen molar-refractivity contribution in [3.05, 3.63) is 19.8 Å². The van der Waals surface area contributed by atoms with Gasteiger partial charge in [-0.1, -0.05) is 18.0 Å². The molecule has 0 saturated carbocycles. The lowest BCUT2D eigenvalue weighted by atomic mass is 10.1. The molecule has 0 spiro atoms. The molecule has 0 aliphatic rings. The van der Waals surface area contributed by atoms with Crippen LogP contribution in [0.15, 0.2) is 9.85 Å². The van der Waals surface area contributed by atoms with Gasteiger partial charge < -0.3 is 5.11 Å². The van der Waals surface area contributed by atoms with Gasteiger partial charge in [-0.2, -0.15) is 0 Å². The lowest BCUT2D eigenvalue weighted by molar-refractivity contribution is -0.137. The van der Waals surface area contributed by atoms with Gasteiger partial charge in [0.2, 0.25) is 0 Å². The van der Waals surface area contributed by atoms with Gasteiger partial charge in [-0.25, -0.2) is 0 Å². The summed E-state index contributed by atoms with van der Waals surface area (Å²) < 4.78 is 0.977. The fraction of sp³-hybridized carbons (Fsp3) is 0.500. The zero-order chi connectivity index (χ0) is 11.3. The Kier molecular flexibility index (Phi) is 5.64. The Morgan fingerprint density at radius 2 is 2.20 bits per heavy atom. The van der Waals surface area contributed by atoms with E-state index >= 15 is 0 Å². The molecule has 84 valence electrons. The maximum atomic E-state index is 10.3. The molecule has 0 radical (unpaired) electrons. The first-order chi connectivity index (χ1) is 7.09. The summed E-state index contributed by atoms with van der Waals surface area (Å²) in [6.07, 6.45) is 4.00. The Morgan fingerprint density at radius 3 is 2.73 bits per heavy atom. The molecule has 5 heteroatoms. The summed E-state index contributed by atoms with van der Waals surface area (Å²) in [6.45, 7) is 0. The monoisotopic (exact) mass is 310 g/mol. The van der Waals surface area contributed by atoms with Gasteiger partial charge in [0.05, 0.1) is 8.81 Å². The van der Waals surface area contributed by atoms with Crippen molar-refractivity contribution in [1.82, 2.24) is 0 Å². The molecular formula is C10H12BrClO2S. The van der Waals surface area contributed by atoms with E-state index in [-0.39, 0.29) is 6.42 Å².